The first-order valence-corrected chi connectivity index (χ1v) is 11.4. The molecule has 3 aromatic rings. The van der Waals surface area contributed by atoms with E-state index in [0.29, 0.717) is 17.9 Å². The van der Waals surface area contributed by atoms with Gasteiger partial charge in [0.15, 0.2) is 5.82 Å². The van der Waals surface area contributed by atoms with E-state index in [-0.39, 0.29) is 17.3 Å². The maximum atomic E-state index is 13.2. The van der Waals surface area contributed by atoms with Crippen LogP contribution in [0.2, 0.25) is 0 Å². The summed E-state index contributed by atoms with van der Waals surface area (Å²) in [7, 11) is 0. The molecule has 6 nitrogen and oxygen atoms in total. The first-order valence-electron chi connectivity index (χ1n) is 11.4. The molecule has 0 radical (unpaired) electrons. The van der Waals surface area contributed by atoms with Crippen LogP contribution in [0.25, 0.3) is 17.2 Å². The molecule has 1 aliphatic carbocycles. The Kier molecular flexibility index (Phi) is 6.69. The molecule has 0 spiro atoms. The molecule has 6 heteroatoms. The number of carboxylic acids is 1. The van der Waals surface area contributed by atoms with Crippen LogP contribution in [0.1, 0.15) is 73.2 Å². The summed E-state index contributed by atoms with van der Waals surface area (Å²) in [5, 5.41) is 14.1. The fourth-order valence-corrected chi connectivity index (χ4v) is 4.38. The average molecular weight is 432 g/mol. The lowest BCUT2D eigenvalue weighted by Gasteiger charge is -2.20. The van der Waals surface area contributed by atoms with Gasteiger partial charge in [0, 0.05) is 0 Å². The predicted molar refractivity (Wildman–Crippen MR) is 126 cm³/mol. The minimum atomic E-state index is -0.946. The molecule has 1 aromatic heterocycles. The SMILES string of the molecule is CCC=Cc1nn(C2CCCCC2)c(=O)n1Cc1ccc(-c2ccccc2C(=O)O)cc1. The van der Waals surface area contributed by atoms with Crippen molar-refractivity contribution in [1.29, 1.82) is 0 Å². The predicted octanol–water partition coefficient (Wildman–Crippen LogP) is 5.39. The molecule has 0 aliphatic heterocycles. The van der Waals surface area contributed by atoms with E-state index >= 15 is 0 Å². The fourth-order valence-electron chi connectivity index (χ4n) is 4.38. The highest BCUT2D eigenvalue weighted by atomic mass is 16.4. The minimum Gasteiger partial charge on any atom is -0.478 e. The van der Waals surface area contributed by atoms with E-state index < -0.39 is 5.97 Å². The van der Waals surface area contributed by atoms with Crippen LogP contribution in [0.4, 0.5) is 0 Å². The Morgan fingerprint density at radius 2 is 1.81 bits per heavy atom. The second kappa shape index (κ2) is 9.81. The zero-order chi connectivity index (χ0) is 22.5. The summed E-state index contributed by atoms with van der Waals surface area (Å²) < 4.78 is 3.42. The molecule has 32 heavy (non-hydrogen) atoms. The largest absolute Gasteiger partial charge is 0.478 e. The molecular weight excluding hydrogens is 402 g/mol. The van der Waals surface area contributed by atoms with Crippen LogP contribution in [0, 0.1) is 0 Å². The zero-order valence-corrected chi connectivity index (χ0v) is 18.4. The molecule has 1 aliphatic rings. The smallest absolute Gasteiger partial charge is 0.346 e. The van der Waals surface area contributed by atoms with Gasteiger partial charge in [0.2, 0.25) is 0 Å². The summed E-state index contributed by atoms with van der Waals surface area (Å²) in [6.07, 6.45) is 10.4. The molecule has 2 aromatic carbocycles. The number of hydrogen-bond acceptors (Lipinski definition) is 3. The maximum absolute atomic E-state index is 13.2. The Hall–Kier alpha value is -3.41. The number of allylic oxidation sites excluding steroid dienone is 1. The van der Waals surface area contributed by atoms with Crippen LogP contribution in [0.15, 0.2) is 59.4 Å². The van der Waals surface area contributed by atoms with E-state index in [2.05, 4.69) is 12.0 Å². The van der Waals surface area contributed by atoms with Gasteiger partial charge in [-0.15, -0.1) is 5.10 Å². The Bertz CT molecular complexity index is 1170. The number of carboxylic acid groups (broad SMARTS) is 1. The summed E-state index contributed by atoms with van der Waals surface area (Å²) in [6, 6.07) is 14.9. The molecule has 1 N–H and O–H groups in total. The van der Waals surface area contributed by atoms with Gasteiger partial charge in [-0.25, -0.2) is 14.3 Å². The van der Waals surface area contributed by atoms with E-state index in [0.717, 1.165) is 43.2 Å². The number of aromatic nitrogens is 3. The van der Waals surface area contributed by atoms with Gasteiger partial charge in [0.25, 0.3) is 0 Å². The monoisotopic (exact) mass is 431 g/mol. The van der Waals surface area contributed by atoms with Crippen molar-refractivity contribution in [3.05, 3.63) is 82.0 Å². The van der Waals surface area contributed by atoms with Crippen molar-refractivity contribution in [2.24, 2.45) is 0 Å². The van der Waals surface area contributed by atoms with Crippen molar-refractivity contribution in [3.63, 3.8) is 0 Å². The van der Waals surface area contributed by atoms with Crippen LogP contribution in [-0.2, 0) is 6.54 Å². The van der Waals surface area contributed by atoms with Crippen molar-refractivity contribution in [1.82, 2.24) is 14.3 Å². The summed E-state index contributed by atoms with van der Waals surface area (Å²) in [5.74, 6) is -0.263. The lowest BCUT2D eigenvalue weighted by molar-refractivity contribution is 0.0697. The lowest BCUT2D eigenvalue weighted by Crippen LogP contribution is -2.29. The number of hydrogen-bond donors (Lipinski definition) is 1. The third-order valence-corrected chi connectivity index (χ3v) is 6.10. The number of carbonyl (C=O) groups is 1. The summed E-state index contributed by atoms with van der Waals surface area (Å²) >= 11 is 0. The molecule has 4 rings (SSSR count). The van der Waals surface area contributed by atoms with Gasteiger partial charge in [-0.3, -0.25) is 4.57 Å². The summed E-state index contributed by atoms with van der Waals surface area (Å²) in [5.41, 5.74) is 2.70. The molecule has 166 valence electrons. The highest BCUT2D eigenvalue weighted by Crippen LogP contribution is 2.27. The third kappa shape index (κ3) is 4.59. The average Bonchev–Trinajstić information content (AvgIpc) is 3.14. The highest BCUT2D eigenvalue weighted by molar-refractivity contribution is 5.95. The maximum Gasteiger partial charge on any atom is 0.346 e. The quantitative estimate of drug-likeness (QED) is 0.544. The fraction of sp³-hybridized carbons (Fsp3) is 0.346. The molecule has 0 saturated heterocycles. The second-order valence-corrected chi connectivity index (χ2v) is 8.32. The van der Waals surface area contributed by atoms with Gasteiger partial charge < -0.3 is 5.11 Å². The van der Waals surface area contributed by atoms with Gasteiger partial charge in [-0.1, -0.05) is 74.7 Å². The number of nitrogens with zero attached hydrogens (tertiary/aromatic N) is 3. The molecule has 0 atom stereocenters. The Labute approximate surface area is 187 Å². The van der Waals surface area contributed by atoms with Crippen molar-refractivity contribution in [2.75, 3.05) is 0 Å². The van der Waals surface area contributed by atoms with Crippen LogP contribution in [0.3, 0.4) is 0 Å². The second-order valence-electron chi connectivity index (χ2n) is 8.32. The summed E-state index contributed by atoms with van der Waals surface area (Å²) in [4.78, 5) is 24.8. The number of rotatable bonds is 7. The van der Waals surface area contributed by atoms with Crippen molar-refractivity contribution in [2.45, 2.75) is 58.0 Å². The molecule has 1 heterocycles. The Morgan fingerprint density at radius 1 is 1.09 bits per heavy atom. The minimum absolute atomic E-state index is 0.0621. The van der Waals surface area contributed by atoms with Gasteiger partial charge in [0.1, 0.15) is 0 Å². The molecule has 0 bridgehead atoms. The lowest BCUT2D eigenvalue weighted by atomic mass is 9.96. The first kappa shape index (κ1) is 21.8. The van der Waals surface area contributed by atoms with Gasteiger partial charge >= 0.3 is 11.7 Å². The van der Waals surface area contributed by atoms with E-state index in [1.54, 1.807) is 21.4 Å². The zero-order valence-electron chi connectivity index (χ0n) is 18.4. The topological polar surface area (TPSA) is 77.1 Å². The number of aromatic carboxylic acids is 1. The Morgan fingerprint density at radius 3 is 2.50 bits per heavy atom. The van der Waals surface area contributed by atoms with Gasteiger partial charge in [-0.2, -0.15) is 0 Å². The van der Waals surface area contributed by atoms with Crippen molar-refractivity contribution in [3.8, 4) is 11.1 Å². The van der Waals surface area contributed by atoms with E-state index in [1.165, 1.54) is 6.42 Å². The molecule has 1 saturated carbocycles. The van der Waals surface area contributed by atoms with Crippen molar-refractivity contribution >= 4 is 12.0 Å². The van der Waals surface area contributed by atoms with Gasteiger partial charge in [0.05, 0.1) is 18.2 Å². The van der Waals surface area contributed by atoms with Crippen LogP contribution in [0.5, 0.6) is 0 Å². The molecular formula is C26H29N3O3. The van der Waals surface area contributed by atoms with Crippen molar-refractivity contribution < 1.29 is 9.90 Å². The molecule has 1 fully saturated rings. The van der Waals surface area contributed by atoms with Crippen LogP contribution < -0.4 is 5.69 Å². The number of benzene rings is 2. The van der Waals surface area contributed by atoms with E-state index in [1.807, 2.05) is 48.6 Å². The van der Waals surface area contributed by atoms with Crippen LogP contribution in [-0.4, -0.2) is 25.4 Å². The Balaban J connectivity index is 1.64. The summed E-state index contributed by atoms with van der Waals surface area (Å²) in [6.45, 7) is 2.49. The van der Waals surface area contributed by atoms with Crippen LogP contribution >= 0.6 is 0 Å². The molecule has 0 unspecified atom stereocenters. The first-order chi connectivity index (χ1) is 15.6. The van der Waals surface area contributed by atoms with Gasteiger partial charge in [-0.05, 0) is 48.1 Å². The van der Waals surface area contributed by atoms with E-state index in [9.17, 15) is 14.7 Å². The standard InChI is InChI=1S/C26H29N3O3/c1-2-3-13-24-27-29(21-9-5-4-6-10-21)26(32)28(24)18-19-14-16-20(17-15-19)22-11-7-8-12-23(22)25(30)31/h3,7-8,11-17,21H,2,4-6,9-10,18H2,1H3,(H,30,31). The highest BCUT2D eigenvalue weighted by Gasteiger charge is 2.21. The van der Waals surface area contributed by atoms with E-state index in [4.69, 9.17) is 0 Å². The normalized spacial score (nSPS) is 14.8. The third-order valence-electron chi connectivity index (χ3n) is 6.10. The molecule has 0 amide bonds.